The maximum absolute atomic E-state index is 10.3. The van der Waals surface area contributed by atoms with Crippen molar-refractivity contribution in [3.8, 4) is 6.07 Å². The van der Waals surface area contributed by atoms with Gasteiger partial charge in [0.05, 0.1) is 18.2 Å². The molecule has 0 N–H and O–H groups in total. The highest BCUT2D eigenvalue weighted by Gasteiger charge is 2.31. The molecule has 0 heterocycles. The van der Waals surface area contributed by atoms with Crippen molar-refractivity contribution in [2.24, 2.45) is 16.2 Å². The van der Waals surface area contributed by atoms with E-state index in [0.717, 1.165) is 113 Å². The van der Waals surface area contributed by atoms with E-state index >= 15 is 0 Å². The predicted octanol–water partition coefficient (Wildman–Crippen LogP) is 26.0. The monoisotopic (exact) mass is 1190 g/mol. The fourth-order valence-electron chi connectivity index (χ4n) is 12.4. The van der Waals surface area contributed by atoms with Crippen molar-refractivity contribution in [2.75, 3.05) is 13.2 Å². The summed E-state index contributed by atoms with van der Waals surface area (Å²) in [5.74, 6) is 0.592. The molecule has 0 radical (unpaired) electrons. The van der Waals surface area contributed by atoms with Crippen molar-refractivity contribution >= 4 is 0 Å². The lowest BCUT2D eigenvalue weighted by atomic mass is 9.71. The zero-order chi connectivity index (χ0) is 67.3. The fourth-order valence-corrected chi connectivity index (χ4v) is 12.4. The molecule has 0 fully saturated rings. The Bertz CT molecular complexity index is 2720. The molecule has 0 aliphatic carbocycles. The number of ether oxygens (including phenoxy) is 1. The molecule has 3 rings (SSSR count). The molecular formula is C85H137NO. The highest BCUT2D eigenvalue weighted by molar-refractivity contribution is 5.53. The van der Waals surface area contributed by atoms with Crippen LogP contribution in [-0.2, 0) is 51.1 Å². The lowest BCUT2D eigenvalue weighted by Gasteiger charge is -2.35. The molecule has 1 unspecified atom stereocenters. The van der Waals surface area contributed by atoms with Gasteiger partial charge < -0.3 is 4.74 Å². The van der Waals surface area contributed by atoms with E-state index in [-0.39, 0.29) is 43.3 Å². The molecule has 0 aromatic heterocycles. The first-order chi connectivity index (χ1) is 39.9. The molecule has 0 amide bonds. The molecule has 3 aromatic rings. The summed E-state index contributed by atoms with van der Waals surface area (Å²) in [5.41, 5.74) is 22.1. The molecule has 0 saturated carbocycles. The fraction of sp³-hybridized carbons (Fsp3) is 0.635. The number of hydrogen-bond donors (Lipinski definition) is 0. The number of hydrogen-bond acceptors (Lipinski definition) is 2. The Balaban J connectivity index is 0.00000160. The smallest absolute Gasteiger partial charge is 0.0997 e. The van der Waals surface area contributed by atoms with Crippen LogP contribution in [0.25, 0.3) is 0 Å². The zero-order valence-corrected chi connectivity index (χ0v) is 62.7. The van der Waals surface area contributed by atoms with Gasteiger partial charge in [0.25, 0.3) is 0 Å². The largest absolute Gasteiger partial charge is 0.381 e. The number of nitriles is 1. The van der Waals surface area contributed by atoms with E-state index in [2.05, 4.69) is 260 Å². The molecule has 0 aliphatic rings. The van der Waals surface area contributed by atoms with E-state index in [4.69, 9.17) is 17.9 Å². The van der Waals surface area contributed by atoms with E-state index in [1.165, 1.54) is 78.8 Å². The van der Waals surface area contributed by atoms with Gasteiger partial charge in [-0.05, 0) is 226 Å². The number of allylic oxidation sites excluding steroid dienone is 8. The van der Waals surface area contributed by atoms with Gasteiger partial charge in [-0.15, -0.1) is 6.58 Å². The molecule has 87 heavy (non-hydrogen) atoms. The quantitative estimate of drug-likeness (QED) is 0.0456. The van der Waals surface area contributed by atoms with E-state index in [9.17, 15) is 5.26 Å². The van der Waals surface area contributed by atoms with Crippen LogP contribution in [0.5, 0.6) is 0 Å². The Hall–Kier alpha value is -4.45. The molecule has 1 atom stereocenters. The number of benzene rings is 3. The summed E-state index contributed by atoms with van der Waals surface area (Å²) in [6.45, 7) is 80.5. The Morgan fingerprint density at radius 2 is 0.931 bits per heavy atom. The van der Waals surface area contributed by atoms with E-state index in [1.54, 1.807) is 0 Å². The summed E-state index contributed by atoms with van der Waals surface area (Å²) in [6, 6.07) is 16.9. The van der Waals surface area contributed by atoms with Gasteiger partial charge in [0.2, 0.25) is 0 Å². The highest BCUT2D eigenvalue weighted by Crippen LogP contribution is 2.43. The van der Waals surface area contributed by atoms with Crippen LogP contribution in [0.15, 0.2) is 109 Å². The summed E-state index contributed by atoms with van der Waals surface area (Å²) in [4.78, 5) is 0. The van der Waals surface area contributed by atoms with Crippen LogP contribution in [-0.4, -0.2) is 13.2 Å². The topological polar surface area (TPSA) is 33.0 Å². The van der Waals surface area contributed by atoms with Crippen LogP contribution in [0.4, 0.5) is 0 Å². The maximum Gasteiger partial charge on any atom is 0.0997 e. The molecule has 2 heteroatoms. The molecule has 0 aliphatic heterocycles. The first-order valence-corrected chi connectivity index (χ1v) is 34.3. The van der Waals surface area contributed by atoms with Gasteiger partial charge in [0.15, 0.2) is 0 Å². The highest BCUT2D eigenvalue weighted by atomic mass is 16.5. The van der Waals surface area contributed by atoms with Crippen molar-refractivity contribution in [3.63, 3.8) is 0 Å². The predicted molar refractivity (Wildman–Crippen MR) is 392 cm³/mol. The summed E-state index contributed by atoms with van der Waals surface area (Å²) in [5, 5.41) is 10.3. The van der Waals surface area contributed by atoms with Gasteiger partial charge in [-0.25, -0.2) is 0 Å². The number of rotatable bonds is 26. The molecule has 3 aromatic carbocycles. The molecular weight excluding hydrogens is 1050 g/mol. The van der Waals surface area contributed by atoms with Gasteiger partial charge in [0, 0.05) is 6.61 Å². The van der Waals surface area contributed by atoms with Gasteiger partial charge >= 0.3 is 0 Å². The van der Waals surface area contributed by atoms with Crippen LogP contribution >= 0.6 is 0 Å². The third-order valence-corrected chi connectivity index (χ3v) is 17.8. The average molecular weight is 1190 g/mol. The van der Waals surface area contributed by atoms with Crippen molar-refractivity contribution in [3.05, 3.63) is 176 Å². The third kappa shape index (κ3) is 26.9. The lowest BCUT2D eigenvalue weighted by Crippen LogP contribution is -2.24. The summed E-state index contributed by atoms with van der Waals surface area (Å²) in [6.07, 6.45) is 26.0. The van der Waals surface area contributed by atoms with Crippen molar-refractivity contribution < 1.29 is 4.74 Å². The first-order valence-electron chi connectivity index (χ1n) is 34.3. The van der Waals surface area contributed by atoms with E-state index in [0.29, 0.717) is 5.92 Å². The second-order valence-corrected chi connectivity index (χ2v) is 33.2. The van der Waals surface area contributed by atoms with Gasteiger partial charge in [-0.2, -0.15) is 5.26 Å². The van der Waals surface area contributed by atoms with Gasteiger partial charge in [0.1, 0.15) is 0 Å². The Labute approximate surface area is 541 Å². The molecule has 488 valence electrons. The Morgan fingerprint density at radius 3 is 1.29 bits per heavy atom. The minimum Gasteiger partial charge on any atom is -0.381 e. The van der Waals surface area contributed by atoms with E-state index < -0.39 is 0 Å². The standard InChI is InChI=1S/C65H103NO.C18H28.C2H6/c1-24-35-65(38-40-67-39-27-26-28-53(60(9,10)11)45-52(25-2)59(6,7)8,36-33-47(3)29-31-50-41-55(61(12,13)14)49(5)56(42-50)62(15,16)17)37-34-48(4)30-32-51-43-57(63(18,19)20)54(46-66)58(44-51)64(21,22)23;1-8-9-10-15-11-16(13(2)3)14(4)17(12-15)18(5,6)7;1-2/h25-26,28,41-45H,3-4,24,27,29-40H2,1-2,5-23H3;8,11-13H,1,9-10H2,2-7H3;1-2H3/b28-26+,52-25+,53-45+;;. The summed E-state index contributed by atoms with van der Waals surface area (Å²) < 4.78 is 6.52. The second-order valence-electron chi connectivity index (χ2n) is 33.2. The van der Waals surface area contributed by atoms with Crippen molar-refractivity contribution in [1.29, 1.82) is 5.26 Å². The van der Waals surface area contributed by atoms with Gasteiger partial charge in [-0.1, -0.05) is 278 Å². The third-order valence-electron chi connectivity index (χ3n) is 17.8. The number of nitrogens with zero attached hydrogens (tertiary/aromatic N) is 1. The molecule has 0 saturated heterocycles. The van der Waals surface area contributed by atoms with E-state index in [1.807, 2.05) is 19.9 Å². The summed E-state index contributed by atoms with van der Waals surface area (Å²) >= 11 is 0. The normalized spacial score (nSPS) is 13.9. The van der Waals surface area contributed by atoms with Crippen LogP contribution in [0.3, 0.4) is 0 Å². The van der Waals surface area contributed by atoms with Gasteiger partial charge in [-0.3, -0.25) is 0 Å². The van der Waals surface area contributed by atoms with Crippen LogP contribution in [0, 0.1) is 41.4 Å². The minimum atomic E-state index is -0.111. The number of aryl methyl sites for hydroxylation is 3. The van der Waals surface area contributed by atoms with Crippen molar-refractivity contribution in [1.82, 2.24) is 0 Å². The van der Waals surface area contributed by atoms with Crippen LogP contribution in [0.1, 0.15) is 330 Å². The molecule has 0 spiro atoms. The maximum atomic E-state index is 10.3. The minimum absolute atomic E-state index is 0.0578. The molecule has 0 bridgehead atoms. The van der Waals surface area contributed by atoms with Crippen molar-refractivity contribution in [2.45, 2.75) is 324 Å². The molecule has 2 nitrogen and oxygen atoms in total. The lowest BCUT2D eigenvalue weighted by molar-refractivity contribution is 0.0818. The average Bonchev–Trinajstić information content (AvgIpc) is 1.07. The van der Waals surface area contributed by atoms with Crippen LogP contribution < -0.4 is 0 Å². The zero-order valence-electron chi connectivity index (χ0n) is 62.7. The summed E-state index contributed by atoms with van der Waals surface area (Å²) in [7, 11) is 0. The van der Waals surface area contributed by atoms with Crippen LogP contribution in [0.2, 0.25) is 0 Å². The Morgan fingerprint density at radius 1 is 0.529 bits per heavy atom. The Kier molecular flexibility index (Phi) is 32.1. The second kappa shape index (κ2) is 34.7. The first kappa shape index (κ1) is 80.6. The SMILES string of the molecule is C=C(CCc1cc(C(C)(C)C)c(C)c(C(C)(C)C)c1)CCC(CCC)(CCOCC/C=C/C(=C\C(=C/C)C(C)(C)C)C(C)(C)C)CCC(=C)CCc1cc(C(C)(C)C)c(C#N)c(C(C)(C)C)c1.C=CCCc1cc(C(C)C)c(C)c(C(C)(C)C)c1.CC.